The summed E-state index contributed by atoms with van der Waals surface area (Å²) in [6.45, 7) is 10.2. The van der Waals surface area contributed by atoms with E-state index in [-0.39, 0.29) is 11.2 Å². The van der Waals surface area contributed by atoms with E-state index in [2.05, 4.69) is 50.4 Å². The number of halogens is 1. The van der Waals surface area contributed by atoms with Crippen molar-refractivity contribution in [2.45, 2.75) is 52.4 Å². The smallest absolute Gasteiger partial charge is 0.123 e. The molecule has 0 amide bonds. The summed E-state index contributed by atoms with van der Waals surface area (Å²) in [5.41, 5.74) is 8.06. The Morgan fingerprint density at radius 1 is 1.09 bits per heavy atom. The van der Waals surface area contributed by atoms with Crippen LogP contribution in [-0.4, -0.2) is 18.1 Å². The number of ether oxygens (including phenoxy) is 1. The quantitative estimate of drug-likeness (QED) is 0.369. The first kappa shape index (κ1) is 23.0. The first-order valence-corrected chi connectivity index (χ1v) is 11.9. The molecule has 1 aliphatic carbocycles. The summed E-state index contributed by atoms with van der Waals surface area (Å²) in [6, 6.07) is 17.2. The van der Waals surface area contributed by atoms with Crippen LogP contribution >= 0.6 is 0 Å². The highest BCUT2D eigenvalue weighted by atomic mass is 19.1. The van der Waals surface area contributed by atoms with Gasteiger partial charge in [-0.3, -0.25) is 4.98 Å². The van der Waals surface area contributed by atoms with Gasteiger partial charge < -0.3 is 10.1 Å². The van der Waals surface area contributed by atoms with Gasteiger partial charge in [0.05, 0.1) is 12.3 Å². The largest absolute Gasteiger partial charge is 0.494 e. The molecule has 172 valence electrons. The maximum Gasteiger partial charge on any atom is 0.123 e. The van der Waals surface area contributed by atoms with E-state index in [0.29, 0.717) is 0 Å². The second-order valence-electron chi connectivity index (χ2n) is 8.83. The van der Waals surface area contributed by atoms with Crippen LogP contribution in [0.15, 0.2) is 60.7 Å². The number of pyridine rings is 1. The van der Waals surface area contributed by atoms with Crippen LogP contribution in [0, 0.1) is 5.82 Å². The van der Waals surface area contributed by atoms with Crippen LogP contribution in [0.3, 0.4) is 0 Å². The Hall–Kier alpha value is -3.14. The van der Waals surface area contributed by atoms with Crippen LogP contribution in [-0.2, 0) is 11.8 Å². The molecule has 0 aliphatic heterocycles. The van der Waals surface area contributed by atoms with E-state index in [0.717, 1.165) is 66.4 Å². The highest BCUT2D eigenvalue weighted by Crippen LogP contribution is 2.56. The van der Waals surface area contributed by atoms with E-state index < -0.39 is 0 Å². The first-order chi connectivity index (χ1) is 16.0. The van der Waals surface area contributed by atoms with E-state index >= 15 is 0 Å². The summed E-state index contributed by atoms with van der Waals surface area (Å²) in [4.78, 5) is 5.00. The molecule has 0 saturated heterocycles. The van der Waals surface area contributed by atoms with Gasteiger partial charge >= 0.3 is 0 Å². The first-order valence-electron chi connectivity index (χ1n) is 11.9. The average Bonchev–Trinajstić information content (AvgIpc) is 3.45. The molecule has 3 nitrogen and oxygen atoms in total. The molecule has 4 heteroatoms. The topological polar surface area (TPSA) is 34.2 Å². The summed E-state index contributed by atoms with van der Waals surface area (Å²) in [5, 5.41) is 3.57. The summed E-state index contributed by atoms with van der Waals surface area (Å²) >= 11 is 0. The summed E-state index contributed by atoms with van der Waals surface area (Å²) < 4.78 is 19.2. The summed E-state index contributed by atoms with van der Waals surface area (Å²) in [5.74, 6) is 0.681. The lowest BCUT2D eigenvalue weighted by Gasteiger charge is -2.12. The lowest BCUT2D eigenvalue weighted by atomic mass is 9.99. The molecule has 0 spiro atoms. The third kappa shape index (κ3) is 4.80. The number of aromatic nitrogens is 1. The zero-order valence-corrected chi connectivity index (χ0v) is 20.0. The van der Waals surface area contributed by atoms with E-state index in [4.69, 9.17) is 9.72 Å². The fraction of sp³-hybridized carbons (Fsp3) is 0.345. The molecular formula is C29H33FN2O. The predicted octanol–water partition coefficient (Wildman–Crippen LogP) is 6.90. The molecule has 2 aromatic carbocycles. The van der Waals surface area contributed by atoms with Crippen molar-refractivity contribution in [3.05, 3.63) is 88.9 Å². The average molecular weight is 445 g/mol. The van der Waals surface area contributed by atoms with Crippen LogP contribution in [0.1, 0.15) is 62.9 Å². The Labute approximate surface area is 196 Å². The van der Waals surface area contributed by atoms with Crippen LogP contribution in [0.5, 0.6) is 5.75 Å². The molecule has 0 saturated carbocycles. The van der Waals surface area contributed by atoms with Gasteiger partial charge in [0.2, 0.25) is 0 Å². The number of rotatable bonds is 10. The maximum atomic E-state index is 13.5. The minimum atomic E-state index is -0.220. The fourth-order valence-electron chi connectivity index (χ4n) is 4.42. The van der Waals surface area contributed by atoms with Gasteiger partial charge in [-0.05, 0) is 91.1 Å². The molecule has 0 radical (unpaired) electrons. The number of hydrogen-bond acceptors (Lipinski definition) is 3. The number of allylic oxidation sites excluding steroid dienone is 1. The molecule has 1 aromatic heterocycles. The lowest BCUT2D eigenvalue weighted by molar-refractivity contribution is 0.317. The van der Waals surface area contributed by atoms with Gasteiger partial charge in [-0.1, -0.05) is 26.8 Å². The zero-order chi connectivity index (χ0) is 23.4. The van der Waals surface area contributed by atoms with Crippen molar-refractivity contribution in [2.24, 2.45) is 0 Å². The van der Waals surface area contributed by atoms with E-state index in [1.54, 1.807) is 0 Å². The minimum absolute atomic E-state index is 0.0818. The second kappa shape index (κ2) is 9.78. The SMILES string of the molecule is C/C=C(\NCCc1cc2c(c(-c3ccc(F)cc3)n1)C2(C)CC)c1ccc(OCCC)cc1. The van der Waals surface area contributed by atoms with Crippen LogP contribution in [0.4, 0.5) is 4.39 Å². The molecule has 33 heavy (non-hydrogen) atoms. The van der Waals surface area contributed by atoms with Crippen molar-refractivity contribution in [1.82, 2.24) is 10.3 Å². The molecule has 1 N–H and O–H groups in total. The Bertz CT molecular complexity index is 1140. The van der Waals surface area contributed by atoms with Crippen LogP contribution < -0.4 is 10.1 Å². The Morgan fingerprint density at radius 2 is 1.82 bits per heavy atom. The molecule has 4 rings (SSSR count). The minimum Gasteiger partial charge on any atom is -0.494 e. The Morgan fingerprint density at radius 3 is 2.45 bits per heavy atom. The van der Waals surface area contributed by atoms with E-state index in [9.17, 15) is 4.39 Å². The summed E-state index contributed by atoms with van der Waals surface area (Å²) in [7, 11) is 0. The van der Waals surface area contributed by atoms with Crippen molar-refractivity contribution >= 4 is 5.70 Å². The fourth-order valence-corrected chi connectivity index (χ4v) is 4.42. The highest BCUT2D eigenvalue weighted by molar-refractivity contribution is 5.76. The van der Waals surface area contributed by atoms with E-state index in [1.807, 2.05) is 31.2 Å². The third-order valence-electron chi connectivity index (χ3n) is 6.60. The number of fused-ring (bicyclic) bond motifs is 1. The standard InChI is InChI=1S/C29H33FN2O/c1-5-18-33-24-14-10-20(11-15-24)26(6-2)31-17-16-23-19-25-27(29(25,4)7-3)28(32-23)21-8-12-22(30)13-9-21/h6,8-15,19,31H,5,7,16-18H2,1-4H3/b26-6-. The molecule has 1 aliphatic rings. The summed E-state index contributed by atoms with van der Waals surface area (Å²) in [6.07, 6.45) is 4.96. The lowest BCUT2D eigenvalue weighted by Crippen LogP contribution is -2.16. The van der Waals surface area contributed by atoms with Crippen LogP contribution in [0.2, 0.25) is 0 Å². The Balaban J connectivity index is 1.46. The van der Waals surface area contributed by atoms with Gasteiger partial charge in [0.25, 0.3) is 0 Å². The van der Waals surface area contributed by atoms with Crippen molar-refractivity contribution in [3.8, 4) is 17.0 Å². The van der Waals surface area contributed by atoms with Crippen molar-refractivity contribution < 1.29 is 9.13 Å². The molecule has 0 bridgehead atoms. The van der Waals surface area contributed by atoms with Crippen molar-refractivity contribution in [1.29, 1.82) is 0 Å². The van der Waals surface area contributed by atoms with Crippen molar-refractivity contribution in [2.75, 3.05) is 13.2 Å². The number of nitrogens with one attached hydrogen (secondary N) is 1. The molecule has 1 atom stereocenters. The van der Waals surface area contributed by atoms with Gasteiger partial charge in [0.1, 0.15) is 11.6 Å². The number of nitrogens with zero attached hydrogens (tertiary/aromatic N) is 1. The molecule has 1 heterocycles. The van der Waals surface area contributed by atoms with Crippen LogP contribution in [0.25, 0.3) is 17.0 Å². The number of hydrogen-bond donors (Lipinski definition) is 1. The maximum absolute atomic E-state index is 13.5. The molecule has 0 fully saturated rings. The van der Waals surface area contributed by atoms with Crippen molar-refractivity contribution in [3.63, 3.8) is 0 Å². The monoisotopic (exact) mass is 444 g/mol. The Kier molecular flexibility index (Phi) is 6.83. The second-order valence-corrected chi connectivity index (χ2v) is 8.83. The molecule has 3 aromatic rings. The van der Waals surface area contributed by atoms with Gasteiger partial charge in [-0.15, -0.1) is 0 Å². The highest BCUT2D eigenvalue weighted by Gasteiger charge is 2.47. The van der Waals surface area contributed by atoms with E-state index in [1.165, 1.54) is 23.3 Å². The molecular weight excluding hydrogens is 411 g/mol. The van der Waals surface area contributed by atoms with Gasteiger partial charge in [-0.2, -0.15) is 0 Å². The molecule has 1 unspecified atom stereocenters. The van der Waals surface area contributed by atoms with Gasteiger partial charge in [0.15, 0.2) is 0 Å². The predicted molar refractivity (Wildman–Crippen MR) is 134 cm³/mol. The van der Waals surface area contributed by atoms with Gasteiger partial charge in [0, 0.05) is 35.3 Å². The third-order valence-corrected chi connectivity index (χ3v) is 6.60. The van der Waals surface area contributed by atoms with Gasteiger partial charge in [-0.25, -0.2) is 4.39 Å². The number of benzene rings is 2. The normalized spacial score (nSPS) is 16.9. The zero-order valence-electron chi connectivity index (χ0n) is 20.0.